The zero-order valence-electron chi connectivity index (χ0n) is 19.1. The largest absolute Gasteiger partial charge is 0.497 e. The van der Waals surface area contributed by atoms with Crippen LogP contribution in [0.4, 0.5) is 0 Å². The van der Waals surface area contributed by atoms with Gasteiger partial charge in [-0.15, -0.1) is 11.3 Å². The quantitative estimate of drug-likeness (QED) is 0.153. The van der Waals surface area contributed by atoms with E-state index in [-0.39, 0.29) is 6.04 Å². The van der Waals surface area contributed by atoms with Crippen molar-refractivity contribution < 1.29 is 9.53 Å². The van der Waals surface area contributed by atoms with E-state index in [1.165, 1.54) is 20.5 Å². The lowest BCUT2D eigenvalue weighted by Crippen LogP contribution is -2.09. The van der Waals surface area contributed by atoms with E-state index in [0.29, 0.717) is 0 Å². The number of rotatable bonds is 6. The fourth-order valence-corrected chi connectivity index (χ4v) is 5.91. The molecular weight excluding hydrogens is 555 g/mol. The van der Waals surface area contributed by atoms with Crippen LogP contribution in [0, 0.1) is 10.5 Å². The van der Waals surface area contributed by atoms with Crippen LogP contribution >= 0.6 is 33.9 Å². The van der Waals surface area contributed by atoms with E-state index >= 15 is 0 Å². The Labute approximate surface area is 216 Å². The minimum absolute atomic E-state index is 0.0158. The lowest BCUT2D eigenvalue weighted by molar-refractivity contribution is 0.112. The molecule has 1 unspecified atom stereocenters. The van der Waals surface area contributed by atoms with Gasteiger partial charge in [-0.3, -0.25) is 9.48 Å². The molecule has 0 saturated carbocycles. The van der Waals surface area contributed by atoms with E-state index in [1.807, 2.05) is 24.3 Å². The van der Waals surface area contributed by atoms with E-state index < -0.39 is 0 Å². The number of ether oxygens (including phenoxy) is 1. The molecule has 0 aliphatic carbocycles. The van der Waals surface area contributed by atoms with Crippen molar-refractivity contribution in [3.8, 4) is 28.3 Å². The van der Waals surface area contributed by atoms with E-state index in [1.54, 1.807) is 7.11 Å². The number of fused-ring (bicyclic) bond motifs is 1. The van der Waals surface area contributed by atoms with Crippen molar-refractivity contribution in [3.63, 3.8) is 0 Å². The zero-order valence-corrected chi connectivity index (χ0v) is 22.1. The number of thiophene rings is 1. The molecule has 5 rings (SSSR count). The molecule has 5 aromatic rings. The lowest BCUT2D eigenvalue weighted by atomic mass is 10.0. The monoisotopic (exact) mass is 578 g/mol. The number of halogens is 1. The molecule has 2 heterocycles. The molecule has 6 heteroatoms. The lowest BCUT2D eigenvalue weighted by Gasteiger charge is -2.15. The first kappa shape index (κ1) is 22.8. The summed E-state index contributed by atoms with van der Waals surface area (Å²) >= 11 is 3.87. The van der Waals surface area contributed by atoms with Crippen molar-refractivity contribution in [2.75, 3.05) is 7.11 Å². The van der Waals surface area contributed by atoms with Crippen LogP contribution in [-0.2, 0) is 0 Å². The molecule has 0 saturated heterocycles. The summed E-state index contributed by atoms with van der Waals surface area (Å²) in [6.45, 7) is 4.24. The number of hydrogen-bond donors (Lipinski definition) is 0. The Balaban J connectivity index is 1.67. The van der Waals surface area contributed by atoms with Crippen LogP contribution in [0.3, 0.4) is 0 Å². The minimum atomic E-state index is -0.0158. The summed E-state index contributed by atoms with van der Waals surface area (Å²) in [6.07, 6.45) is 0.905. The average molecular weight is 578 g/mol. The summed E-state index contributed by atoms with van der Waals surface area (Å²) < 4.78 is 8.65. The highest BCUT2D eigenvalue weighted by atomic mass is 127. The Hall–Kier alpha value is -2.97. The normalized spacial score (nSPS) is 12.1. The fraction of sp³-hybridized carbons (Fsp3) is 0.143. The van der Waals surface area contributed by atoms with Crippen molar-refractivity contribution >= 4 is 51.0 Å². The Bertz CT molecular complexity index is 1500. The number of aldehydes is 1. The molecule has 34 heavy (non-hydrogen) atoms. The fourth-order valence-electron chi connectivity index (χ4n) is 4.22. The number of hydrogen-bond acceptors (Lipinski definition) is 4. The highest BCUT2D eigenvalue weighted by Crippen LogP contribution is 2.35. The third-order valence-electron chi connectivity index (χ3n) is 5.96. The Morgan fingerprint density at radius 3 is 2.50 bits per heavy atom. The number of nitrogens with zero attached hydrogens (tertiary/aromatic N) is 2. The number of benzene rings is 3. The average Bonchev–Trinajstić information content (AvgIpc) is 3.50. The van der Waals surface area contributed by atoms with Gasteiger partial charge in [0, 0.05) is 19.6 Å². The first-order chi connectivity index (χ1) is 16.4. The predicted molar refractivity (Wildman–Crippen MR) is 148 cm³/mol. The van der Waals surface area contributed by atoms with Crippen LogP contribution in [0.25, 0.3) is 33.3 Å². The van der Waals surface area contributed by atoms with Crippen molar-refractivity contribution in [2.24, 2.45) is 0 Å². The summed E-state index contributed by atoms with van der Waals surface area (Å²) in [5.41, 5.74) is 5.38. The van der Waals surface area contributed by atoms with Crippen LogP contribution in [0.15, 0.2) is 72.8 Å². The standard InChI is InChI=1S/C28H23IN2O2S/c1-17-10-22(13-23(29)11-17)26-15-27(31(30-26)18(2)28-9-8-25(16-32)34-28)21-5-4-20-14-24(33-3)7-6-19(20)12-21/h4-16,18H,1-3H3. The maximum absolute atomic E-state index is 11.3. The van der Waals surface area contributed by atoms with Gasteiger partial charge in [-0.25, -0.2) is 0 Å². The number of carbonyl (C=O) groups is 1. The predicted octanol–water partition coefficient (Wildman–Crippen LogP) is 7.78. The third-order valence-corrected chi connectivity index (χ3v) is 7.76. The van der Waals surface area contributed by atoms with E-state index in [2.05, 4.69) is 89.7 Å². The molecule has 0 N–H and O–H groups in total. The molecule has 2 aromatic heterocycles. The van der Waals surface area contributed by atoms with Gasteiger partial charge < -0.3 is 4.74 Å². The van der Waals surface area contributed by atoms with Crippen molar-refractivity contribution in [2.45, 2.75) is 19.9 Å². The molecule has 0 aliphatic heterocycles. The maximum Gasteiger partial charge on any atom is 0.160 e. The second-order valence-electron chi connectivity index (χ2n) is 8.34. The van der Waals surface area contributed by atoms with Crippen LogP contribution < -0.4 is 4.74 Å². The molecule has 4 nitrogen and oxygen atoms in total. The molecule has 0 amide bonds. The molecule has 1 atom stereocenters. The second kappa shape index (κ2) is 9.35. The summed E-state index contributed by atoms with van der Waals surface area (Å²) in [7, 11) is 1.68. The third kappa shape index (κ3) is 4.40. The van der Waals surface area contributed by atoms with Gasteiger partial charge in [-0.2, -0.15) is 5.10 Å². The zero-order chi connectivity index (χ0) is 23.8. The van der Waals surface area contributed by atoms with Crippen LogP contribution in [0.1, 0.15) is 33.1 Å². The second-order valence-corrected chi connectivity index (χ2v) is 10.7. The smallest absolute Gasteiger partial charge is 0.160 e. The maximum atomic E-state index is 11.3. The highest BCUT2D eigenvalue weighted by molar-refractivity contribution is 14.1. The highest BCUT2D eigenvalue weighted by Gasteiger charge is 2.19. The summed E-state index contributed by atoms with van der Waals surface area (Å²) in [5, 5.41) is 7.34. The number of methoxy groups -OCH3 is 1. The molecule has 0 fully saturated rings. The van der Waals surface area contributed by atoms with Crippen LogP contribution in [0.2, 0.25) is 0 Å². The van der Waals surface area contributed by atoms with E-state index in [9.17, 15) is 4.79 Å². The molecule has 3 aromatic carbocycles. The molecular formula is C28H23IN2O2S. The van der Waals surface area contributed by atoms with Crippen LogP contribution in [0.5, 0.6) is 5.75 Å². The van der Waals surface area contributed by atoms with Gasteiger partial charge in [0.25, 0.3) is 0 Å². The van der Waals surface area contributed by atoms with Gasteiger partial charge in [0.05, 0.1) is 29.4 Å². The summed E-state index contributed by atoms with van der Waals surface area (Å²) in [6, 6.07) is 25.1. The molecule has 0 aliphatic rings. The SMILES string of the molecule is COc1ccc2cc(-c3cc(-c4cc(C)cc(I)c4)nn3C(C)c3ccc(C=O)s3)ccc2c1. The van der Waals surface area contributed by atoms with E-state index in [0.717, 1.165) is 55.1 Å². The number of aryl methyl sites for hydroxylation is 1. The van der Waals surface area contributed by atoms with Gasteiger partial charge in [0.2, 0.25) is 0 Å². The van der Waals surface area contributed by atoms with Gasteiger partial charge >= 0.3 is 0 Å². The Kier molecular flexibility index (Phi) is 6.27. The number of carbonyl (C=O) groups excluding carboxylic acids is 1. The molecule has 0 spiro atoms. The van der Waals surface area contributed by atoms with Gasteiger partial charge in [-0.05, 0) is 107 Å². The van der Waals surface area contributed by atoms with Gasteiger partial charge in [0.1, 0.15) is 5.75 Å². The Morgan fingerprint density at radius 1 is 0.971 bits per heavy atom. The molecule has 0 bridgehead atoms. The van der Waals surface area contributed by atoms with Gasteiger partial charge in [0.15, 0.2) is 6.29 Å². The van der Waals surface area contributed by atoms with Crippen molar-refractivity contribution in [1.82, 2.24) is 9.78 Å². The minimum Gasteiger partial charge on any atom is -0.497 e. The summed E-state index contributed by atoms with van der Waals surface area (Å²) in [5.74, 6) is 0.846. The van der Waals surface area contributed by atoms with Crippen molar-refractivity contribution in [1.29, 1.82) is 0 Å². The first-order valence-electron chi connectivity index (χ1n) is 11.0. The topological polar surface area (TPSA) is 44.1 Å². The molecule has 0 radical (unpaired) electrons. The van der Waals surface area contributed by atoms with Crippen LogP contribution in [-0.4, -0.2) is 23.2 Å². The molecule has 170 valence electrons. The van der Waals surface area contributed by atoms with Crippen molar-refractivity contribution in [3.05, 3.63) is 91.7 Å². The van der Waals surface area contributed by atoms with E-state index in [4.69, 9.17) is 9.84 Å². The first-order valence-corrected chi connectivity index (χ1v) is 12.8. The number of aromatic nitrogens is 2. The summed E-state index contributed by atoms with van der Waals surface area (Å²) in [4.78, 5) is 13.1. The van der Waals surface area contributed by atoms with Gasteiger partial charge in [-0.1, -0.05) is 18.2 Å². The Morgan fingerprint density at radius 2 is 1.76 bits per heavy atom.